The summed E-state index contributed by atoms with van der Waals surface area (Å²) in [6, 6.07) is 15.3. The number of aryl methyl sites for hydroxylation is 1. The van der Waals surface area contributed by atoms with Gasteiger partial charge in [-0.2, -0.15) is 5.26 Å². The van der Waals surface area contributed by atoms with E-state index in [0.717, 1.165) is 28.0 Å². The molecule has 0 saturated heterocycles. The van der Waals surface area contributed by atoms with Gasteiger partial charge in [0.1, 0.15) is 27.2 Å². The second-order valence-electron chi connectivity index (χ2n) is 8.31. The van der Waals surface area contributed by atoms with Crippen molar-refractivity contribution in [1.29, 1.82) is 5.26 Å². The molecule has 0 aliphatic carbocycles. The zero-order chi connectivity index (χ0) is 27.0. The number of hydrogen-bond donors (Lipinski definition) is 3. The first-order valence-corrected chi connectivity index (χ1v) is 13.0. The number of anilines is 3. The summed E-state index contributed by atoms with van der Waals surface area (Å²) < 4.78 is 10.7. The Morgan fingerprint density at radius 3 is 2.42 bits per heavy atom. The molecule has 2 aromatic carbocycles. The molecule has 0 spiro atoms. The predicted molar refractivity (Wildman–Crippen MR) is 152 cm³/mol. The van der Waals surface area contributed by atoms with Gasteiger partial charge in [-0.15, -0.1) is 22.7 Å². The molecule has 0 aliphatic heterocycles. The number of methoxy groups -OCH3 is 2. The molecule has 3 aromatic heterocycles. The molecule has 38 heavy (non-hydrogen) atoms. The van der Waals surface area contributed by atoms with Gasteiger partial charge in [0, 0.05) is 21.9 Å². The molecule has 0 unspecified atom stereocenters. The van der Waals surface area contributed by atoms with Gasteiger partial charge in [-0.3, -0.25) is 10.1 Å². The number of thiophene rings is 1. The summed E-state index contributed by atoms with van der Waals surface area (Å²) in [6.45, 7) is 1.97. The van der Waals surface area contributed by atoms with Crippen molar-refractivity contribution in [3.63, 3.8) is 0 Å². The maximum Gasteiger partial charge on any atom is 0.269 e. The second kappa shape index (κ2) is 10.0. The molecule has 190 valence electrons. The molecule has 5 aromatic rings. The monoisotopic (exact) mass is 542 g/mol. The number of rotatable bonds is 6. The Labute approximate surface area is 226 Å². The molecule has 9 nitrogen and oxygen atoms in total. The van der Waals surface area contributed by atoms with Crippen molar-refractivity contribution in [1.82, 2.24) is 9.97 Å². The Bertz CT molecular complexity index is 1730. The van der Waals surface area contributed by atoms with Crippen LogP contribution in [0.2, 0.25) is 0 Å². The maximum atomic E-state index is 13.3. The SMILES string of the molecule is COc1ccc(-c2csc(NC(=O)c3sc4nc(N)c(C#N)c(-c5ccc(C)cc5)c4c3N)n2)cc1OC. The van der Waals surface area contributed by atoms with Crippen LogP contribution < -0.4 is 26.3 Å². The average molecular weight is 543 g/mol. The van der Waals surface area contributed by atoms with E-state index in [9.17, 15) is 10.1 Å². The van der Waals surface area contributed by atoms with E-state index in [1.165, 1.54) is 11.3 Å². The molecular formula is C27H22N6O3S2. The average Bonchev–Trinajstić information content (AvgIpc) is 3.52. The Balaban J connectivity index is 1.51. The van der Waals surface area contributed by atoms with Crippen molar-refractivity contribution in [3.05, 3.63) is 63.8 Å². The first-order valence-electron chi connectivity index (χ1n) is 11.3. The standard InChI is InChI=1S/C27H22N6O3S2/c1-13-4-6-14(7-5-13)20-16(11-28)24(30)32-26-21(20)22(29)23(38-26)25(34)33-27-31-17(12-37-27)15-8-9-18(35-2)19(10-15)36-3/h4-10,12H,29H2,1-3H3,(H2,30,32)(H,31,33,34). The fourth-order valence-electron chi connectivity index (χ4n) is 4.07. The van der Waals surface area contributed by atoms with Crippen molar-refractivity contribution >= 4 is 55.4 Å². The van der Waals surface area contributed by atoms with Crippen LogP contribution in [-0.2, 0) is 0 Å². The van der Waals surface area contributed by atoms with Gasteiger partial charge in [-0.1, -0.05) is 29.8 Å². The number of pyridine rings is 1. The maximum absolute atomic E-state index is 13.3. The molecule has 0 saturated carbocycles. The molecule has 11 heteroatoms. The number of nitrogens with two attached hydrogens (primary N) is 2. The van der Waals surface area contributed by atoms with Crippen LogP contribution in [0.25, 0.3) is 32.6 Å². The number of ether oxygens (including phenoxy) is 2. The normalized spacial score (nSPS) is 10.8. The number of carbonyl (C=O) groups is 1. The van der Waals surface area contributed by atoms with E-state index in [2.05, 4.69) is 21.4 Å². The van der Waals surface area contributed by atoms with Crippen molar-refractivity contribution in [2.75, 3.05) is 31.0 Å². The molecule has 0 atom stereocenters. The third-order valence-corrected chi connectivity index (χ3v) is 7.82. The number of thiazole rings is 1. The highest BCUT2D eigenvalue weighted by atomic mass is 32.1. The zero-order valence-electron chi connectivity index (χ0n) is 20.7. The zero-order valence-corrected chi connectivity index (χ0v) is 22.3. The Morgan fingerprint density at radius 2 is 1.74 bits per heavy atom. The van der Waals surface area contributed by atoms with Crippen LogP contribution in [0.5, 0.6) is 11.5 Å². The van der Waals surface area contributed by atoms with Gasteiger partial charge in [0.15, 0.2) is 16.6 Å². The molecule has 0 radical (unpaired) electrons. The quantitative estimate of drug-likeness (QED) is 0.247. The molecular weight excluding hydrogens is 520 g/mol. The summed E-state index contributed by atoms with van der Waals surface area (Å²) >= 11 is 2.40. The number of nitrogen functional groups attached to an aromatic ring is 2. The predicted octanol–water partition coefficient (Wildman–Crippen LogP) is 5.70. The molecule has 0 aliphatic rings. The number of nitriles is 1. The highest BCUT2D eigenvalue weighted by Crippen LogP contribution is 2.43. The van der Waals surface area contributed by atoms with Gasteiger partial charge in [-0.25, -0.2) is 9.97 Å². The van der Waals surface area contributed by atoms with E-state index >= 15 is 0 Å². The fraction of sp³-hybridized carbons (Fsp3) is 0.111. The first-order chi connectivity index (χ1) is 18.3. The van der Waals surface area contributed by atoms with Crippen LogP contribution in [0.15, 0.2) is 47.8 Å². The van der Waals surface area contributed by atoms with Crippen molar-refractivity contribution in [2.45, 2.75) is 6.92 Å². The highest BCUT2D eigenvalue weighted by Gasteiger charge is 2.25. The van der Waals surface area contributed by atoms with Gasteiger partial charge in [0.05, 0.1) is 25.6 Å². The van der Waals surface area contributed by atoms with Crippen LogP contribution in [0.4, 0.5) is 16.6 Å². The van der Waals surface area contributed by atoms with Crippen LogP contribution in [-0.4, -0.2) is 30.1 Å². The van der Waals surface area contributed by atoms with Gasteiger partial charge in [-0.05, 0) is 30.7 Å². The van der Waals surface area contributed by atoms with E-state index in [-0.39, 0.29) is 21.9 Å². The summed E-state index contributed by atoms with van der Waals surface area (Å²) in [5, 5.41) is 15.4. The summed E-state index contributed by atoms with van der Waals surface area (Å²) in [4.78, 5) is 23.0. The van der Waals surface area contributed by atoms with E-state index in [4.69, 9.17) is 20.9 Å². The molecule has 3 heterocycles. The number of nitrogens with zero attached hydrogens (tertiary/aromatic N) is 3. The van der Waals surface area contributed by atoms with E-state index in [0.29, 0.717) is 38.1 Å². The van der Waals surface area contributed by atoms with Gasteiger partial charge >= 0.3 is 0 Å². The first kappa shape index (κ1) is 25.0. The Hall–Kier alpha value is -4.66. The Morgan fingerprint density at radius 1 is 1.03 bits per heavy atom. The topological polar surface area (TPSA) is 149 Å². The number of aromatic nitrogens is 2. The third kappa shape index (κ3) is 4.36. The minimum absolute atomic E-state index is 0.0864. The molecule has 5 rings (SSSR count). The molecule has 5 N–H and O–H groups in total. The summed E-state index contributed by atoms with van der Waals surface area (Å²) in [5.41, 5.74) is 17.0. The van der Waals surface area contributed by atoms with Crippen molar-refractivity contribution in [3.8, 4) is 40.0 Å². The van der Waals surface area contributed by atoms with Crippen LogP contribution in [0, 0.1) is 18.3 Å². The number of nitrogens with one attached hydrogen (secondary N) is 1. The third-order valence-electron chi connectivity index (χ3n) is 5.97. The summed E-state index contributed by atoms with van der Waals surface area (Å²) in [7, 11) is 3.14. The second-order valence-corrected chi connectivity index (χ2v) is 10.2. The van der Waals surface area contributed by atoms with E-state index in [1.807, 2.05) is 48.7 Å². The molecule has 0 fully saturated rings. The lowest BCUT2D eigenvalue weighted by molar-refractivity contribution is 0.103. The fourth-order valence-corrected chi connectivity index (χ4v) is 5.80. The van der Waals surface area contributed by atoms with E-state index < -0.39 is 5.91 Å². The van der Waals surface area contributed by atoms with Gasteiger partial charge in [0.2, 0.25) is 0 Å². The van der Waals surface area contributed by atoms with Crippen molar-refractivity contribution < 1.29 is 14.3 Å². The largest absolute Gasteiger partial charge is 0.493 e. The smallest absolute Gasteiger partial charge is 0.269 e. The number of fused-ring (bicyclic) bond motifs is 1. The lowest BCUT2D eigenvalue weighted by atomic mass is 9.96. The van der Waals surface area contributed by atoms with Gasteiger partial charge < -0.3 is 20.9 Å². The Kier molecular flexibility index (Phi) is 6.59. The van der Waals surface area contributed by atoms with Crippen LogP contribution in [0.1, 0.15) is 20.8 Å². The molecule has 0 bridgehead atoms. The van der Waals surface area contributed by atoms with Crippen LogP contribution in [0.3, 0.4) is 0 Å². The lowest BCUT2D eigenvalue weighted by Crippen LogP contribution is -2.11. The number of benzene rings is 2. The summed E-state index contributed by atoms with van der Waals surface area (Å²) in [6.07, 6.45) is 0. The number of hydrogen-bond acceptors (Lipinski definition) is 10. The lowest BCUT2D eigenvalue weighted by Gasteiger charge is -2.10. The molecule has 1 amide bonds. The van der Waals surface area contributed by atoms with E-state index in [1.54, 1.807) is 20.3 Å². The number of amides is 1. The highest BCUT2D eigenvalue weighted by molar-refractivity contribution is 7.21. The number of carbonyl (C=O) groups excluding carboxylic acids is 1. The summed E-state index contributed by atoms with van der Waals surface area (Å²) in [5.74, 6) is 0.850. The van der Waals surface area contributed by atoms with Crippen LogP contribution >= 0.6 is 22.7 Å². The van der Waals surface area contributed by atoms with Gasteiger partial charge in [0.25, 0.3) is 5.91 Å². The minimum Gasteiger partial charge on any atom is -0.493 e. The van der Waals surface area contributed by atoms with Crippen molar-refractivity contribution in [2.24, 2.45) is 0 Å². The minimum atomic E-state index is -0.425.